The van der Waals surface area contributed by atoms with Gasteiger partial charge in [-0.05, 0) is 37.8 Å². The lowest BCUT2D eigenvalue weighted by Crippen LogP contribution is -2.20. The van der Waals surface area contributed by atoms with Crippen LogP contribution in [0.15, 0.2) is 18.2 Å². The maximum atomic E-state index is 12.7. The average molecular weight is 344 g/mol. The number of nitrogens with zero attached hydrogens (tertiary/aromatic N) is 1. The Bertz CT molecular complexity index is 731. The van der Waals surface area contributed by atoms with Crippen molar-refractivity contribution in [3.63, 3.8) is 0 Å². The van der Waals surface area contributed by atoms with Crippen molar-refractivity contribution in [1.82, 2.24) is 4.98 Å². The number of rotatable bonds is 2. The van der Waals surface area contributed by atoms with Gasteiger partial charge in [0.25, 0.3) is 5.91 Å². The van der Waals surface area contributed by atoms with Crippen molar-refractivity contribution in [2.24, 2.45) is 0 Å². The first-order chi connectivity index (χ1) is 11.8. The number of aryl methyl sites for hydroxylation is 2. The molecule has 0 unspecified atom stereocenters. The van der Waals surface area contributed by atoms with Crippen molar-refractivity contribution >= 4 is 22.4 Å². The van der Waals surface area contributed by atoms with Crippen LogP contribution >= 0.6 is 11.3 Å². The van der Waals surface area contributed by atoms with Crippen LogP contribution in [0.3, 0.4) is 0 Å². The summed E-state index contributed by atoms with van der Waals surface area (Å²) in [7, 11) is 0. The molecule has 1 aliphatic heterocycles. The molecule has 1 aromatic carbocycles. The summed E-state index contributed by atoms with van der Waals surface area (Å²) in [6.07, 6.45) is 7.03. The number of aromatic nitrogens is 1. The second kappa shape index (κ2) is 6.81. The van der Waals surface area contributed by atoms with Crippen LogP contribution in [0.2, 0.25) is 0 Å². The Morgan fingerprint density at radius 2 is 1.92 bits per heavy atom. The van der Waals surface area contributed by atoms with Crippen molar-refractivity contribution in [2.75, 3.05) is 18.5 Å². The number of thiazole rings is 1. The highest BCUT2D eigenvalue weighted by atomic mass is 32.1. The van der Waals surface area contributed by atoms with E-state index in [0.717, 1.165) is 18.5 Å². The molecule has 1 aliphatic carbocycles. The van der Waals surface area contributed by atoms with Crippen molar-refractivity contribution < 1.29 is 14.3 Å². The Labute approximate surface area is 145 Å². The van der Waals surface area contributed by atoms with Gasteiger partial charge in [-0.3, -0.25) is 10.1 Å². The molecule has 1 aromatic heterocycles. The van der Waals surface area contributed by atoms with E-state index in [1.807, 2.05) is 12.1 Å². The predicted octanol–water partition coefficient (Wildman–Crippen LogP) is 3.83. The van der Waals surface area contributed by atoms with Gasteiger partial charge in [0.15, 0.2) is 16.6 Å². The van der Waals surface area contributed by atoms with E-state index in [0.29, 0.717) is 35.4 Å². The van der Waals surface area contributed by atoms with E-state index < -0.39 is 0 Å². The summed E-state index contributed by atoms with van der Waals surface area (Å²) >= 11 is 1.60. The van der Waals surface area contributed by atoms with Crippen LogP contribution in [-0.4, -0.2) is 24.1 Å². The number of carbonyl (C=O) groups excluding carboxylic acids is 1. The zero-order valence-electron chi connectivity index (χ0n) is 13.5. The Morgan fingerprint density at radius 3 is 2.83 bits per heavy atom. The van der Waals surface area contributed by atoms with Crippen LogP contribution in [0.1, 0.15) is 46.6 Å². The first kappa shape index (κ1) is 15.4. The highest BCUT2D eigenvalue weighted by Crippen LogP contribution is 2.35. The number of hydrogen-bond acceptors (Lipinski definition) is 5. The number of amides is 1. The smallest absolute Gasteiger partial charge is 0.261 e. The summed E-state index contributed by atoms with van der Waals surface area (Å²) in [5.74, 6) is 0.954. The minimum absolute atomic E-state index is 0.195. The molecule has 0 bridgehead atoms. The Balaban J connectivity index is 1.55. The van der Waals surface area contributed by atoms with Gasteiger partial charge in [0.2, 0.25) is 0 Å². The first-order valence-corrected chi connectivity index (χ1v) is 9.31. The number of para-hydroxylation sites is 1. The second-order valence-electron chi connectivity index (χ2n) is 6.09. The normalized spacial score (nSPS) is 16.7. The molecule has 0 fully saturated rings. The molecule has 126 valence electrons. The summed E-state index contributed by atoms with van der Waals surface area (Å²) in [5, 5.41) is 3.62. The molecule has 2 aromatic rings. The summed E-state index contributed by atoms with van der Waals surface area (Å²) in [6, 6.07) is 5.39. The molecule has 6 heteroatoms. The highest BCUT2D eigenvalue weighted by molar-refractivity contribution is 7.15. The zero-order chi connectivity index (χ0) is 16.4. The molecule has 0 atom stereocenters. The molecular formula is C18H20N2O3S. The van der Waals surface area contributed by atoms with Crippen LogP contribution in [0.25, 0.3) is 0 Å². The fourth-order valence-electron chi connectivity index (χ4n) is 3.18. The van der Waals surface area contributed by atoms with Gasteiger partial charge in [0, 0.05) is 4.88 Å². The molecule has 0 saturated heterocycles. The van der Waals surface area contributed by atoms with Crippen LogP contribution in [0, 0.1) is 0 Å². The lowest BCUT2D eigenvalue weighted by atomic mass is 10.0. The monoisotopic (exact) mass is 344 g/mol. The largest absolute Gasteiger partial charge is 0.486 e. The minimum atomic E-state index is -0.195. The number of anilines is 1. The molecule has 4 rings (SSSR count). The molecule has 0 spiro atoms. The molecule has 24 heavy (non-hydrogen) atoms. The molecule has 1 N–H and O–H groups in total. The van der Waals surface area contributed by atoms with Crippen LogP contribution in [0.5, 0.6) is 11.5 Å². The average Bonchev–Trinajstić information content (AvgIpc) is 2.95. The number of carbonyl (C=O) groups is 1. The molecule has 0 radical (unpaired) electrons. The van der Waals surface area contributed by atoms with Crippen molar-refractivity contribution in [2.45, 2.75) is 38.5 Å². The van der Waals surface area contributed by atoms with Crippen molar-refractivity contribution in [1.29, 1.82) is 0 Å². The predicted molar refractivity (Wildman–Crippen MR) is 93.4 cm³/mol. The molecule has 1 amide bonds. The molecule has 5 nitrogen and oxygen atoms in total. The third-order valence-corrected chi connectivity index (χ3v) is 5.45. The molecular weight excluding hydrogens is 324 g/mol. The number of fused-ring (bicyclic) bond motifs is 2. The van der Waals surface area contributed by atoms with Gasteiger partial charge in [0.05, 0.1) is 11.3 Å². The summed E-state index contributed by atoms with van der Waals surface area (Å²) in [6.45, 7) is 0.972. The van der Waals surface area contributed by atoms with Gasteiger partial charge in [-0.25, -0.2) is 4.98 Å². The van der Waals surface area contributed by atoms with E-state index in [4.69, 9.17) is 9.47 Å². The summed E-state index contributed by atoms with van der Waals surface area (Å²) in [5.41, 5.74) is 1.65. The lowest BCUT2D eigenvalue weighted by Gasteiger charge is -2.20. The standard InChI is InChI=1S/C18H20N2O3S/c21-17(12-6-5-8-14-16(12)23-11-10-22-14)20-18-19-13-7-3-1-2-4-9-15(13)24-18/h5-6,8H,1-4,7,9-11H2,(H,19,20,21). The number of nitrogens with one attached hydrogen (secondary N) is 1. The van der Waals surface area contributed by atoms with E-state index in [2.05, 4.69) is 10.3 Å². The topological polar surface area (TPSA) is 60.5 Å². The van der Waals surface area contributed by atoms with Gasteiger partial charge < -0.3 is 9.47 Å². The lowest BCUT2D eigenvalue weighted by molar-refractivity contribution is 0.101. The van der Waals surface area contributed by atoms with Crippen LogP contribution < -0.4 is 14.8 Å². The van der Waals surface area contributed by atoms with E-state index in [1.54, 1.807) is 17.4 Å². The van der Waals surface area contributed by atoms with Gasteiger partial charge in [0.1, 0.15) is 13.2 Å². The Kier molecular flexibility index (Phi) is 4.38. The summed E-state index contributed by atoms with van der Waals surface area (Å²) < 4.78 is 11.2. The van der Waals surface area contributed by atoms with E-state index in [1.165, 1.54) is 30.6 Å². The highest BCUT2D eigenvalue weighted by Gasteiger charge is 2.22. The van der Waals surface area contributed by atoms with Gasteiger partial charge in [-0.15, -0.1) is 11.3 Å². The van der Waals surface area contributed by atoms with Gasteiger partial charge in [-0.2, -0.15) is 0 Å². The van der Waals surface area contributed by atoms with Gasteiger partial charge in [-0.1, -0.05) is 18.9 Å². The third-order valence-electron chi connectivity index (χ3n) is 4.38. The van der Waals surface area contributed by atoms with E-state index in [-0.39, 0.29) is 5.91 Å². The maximum absolute atomic E-state index is 12.7. The third kappa shape index (κ3) is 3.11. The Morgan fingerprint density at radius 1 is 1.08 bits per heavy atom. The number of benzene rings is 1. The van der Waals surface area contributed by atoms with Crippen LogP contribution in [0.4, 0.5) is 5.13 Å². The minimum Gasteiger partial charge on any atom is -0.486 e. The first-order valence-electron chi connectivity index (χ1n) is 8.50. The fourth-order valence-corrected chi connectivity index (χ4v) is 4.22. The van der Waals surface area contributed by atoms with Crippen molar-refractivity contribution in [3.05, 3.63) is 34.3 Å². The fraction of sp³-hybridized carbons (Fsp3) is 0.444. The van der Waals surface area contributed by atoms with Gasteiger partial charge >= 0.3 is 0 Å². The number of hydrogen-bond donors (Lipinski definition) is 1. The maximum Gasteiger partial charge on any atom is 0.261 e. The molecule has 2 aliphatic rings. The van der Waals surface area contributed by atoms with Crippen LogP contribution in [-0.2, 0) is 12.8 Å². The zero-order valence-corrected chi connectivity index (χ0v) is 14.3. The number of ether oxygens (including phenoxy) is 2. The SMILES string of the molecule is O=C(Nc1nc2c(s1)CCCCCC2)c1cccc2c1OCCO2. The molecule has 0 saturated carbocycles. The van der Waals surface area contributed by atoms with E-state index >= 15 is 0 Å². The quantitative estimate of drug-likeness (QED) is 0.899. The second-order valence-corrected chi connectivity index (χ2v) is 7.17. The summed E-state index contributed by atoms with van der Waals surface area (Å²) in [4.78, 5) is 18.6. The Hall–Kier alpha value is -2.08. The van der Waals surface area contributed by atoms with Crippen molar-refractivity contribution in [3.8, 4) is 11.5 Å². The van der Waals surface area contributed by atoms with E-state index in [9.17, 15) is 4.79 Å². The molecule has 2 heterocycles.